The Morgan fingerprint density at radius 3 is 2.67 bits per heavy atom. The first-order valence-electron chi connectivity index (χ1n) is 4.71. The zero-order valence-corrected chi connectivity index (χ0v) is 7.61. The molecule has 0 radical (unpaired) electrons. The van der Waals surface area contributed by atoms with Gasteiger partial charge in [0.25, 0.3) is 0 Å². The average Bonchev–Trinajstić information content (AvgIpc) is 2.06. The monoisotopic (exact) mass is 170 g/mol. The topological polar surface area (TPSA) is 40.5 Å². The zero-order chi connectivity index (χ0) is 8.97. The van der Waals surface area contributed by atoms with E-state index in [0.717, 1.165) is 25.7 Å². The minimum Gasteiger partial charge on any atom is -0.391 e. The van der Waals surface area contributed by atoms with Gasteiger partial charge in [-0.2, -0.15) is 0 Å². The Kier molecular flexibility index (Phi) is 3.76. The molecule has 0 aromatic heterocycles. The second kappa shape index (κ2) is 4.63. The van der Waals surface area contributed by atoms with Crippen LogP contribution in [0.5, 0.6) is 0 Å². The molecule has 0 saturated carbocycles. The summed E-state index contributed by atoms with van der Waals surface area (Å²) < 4.78 is 0. The van der Waals surface area contributed by atoms with Gasteiger partial charge < -0.3 is 10.2 Å². The largest absolute Gasteiger partial charge is 0.391 e. The number of rotatable bonds is 3. The van der Waals surface area contributed by atoms with E-state index < -0.39 is 12.2 Å². The first kappa shape index (κ1) is 9.75. The van der Waals surface area contributed by atoms with Gasteiger partial charge in [-0.1, -0.05) is 12.2 Å². The fourth-order valence-electron chi connectivity index (χ4n) is 1.61. The van der Waals surface area contributed by atoms with E-state index in [4.69, 9.17) is 5.11 Å². The summed E-state index contributed by atoms with van der Waals surface area (Å²) in [6.45, 7) is 1.64. The first-order valence-corrected chi connectivity index (χ1v) is 4.71. The van der Waals surface area contributed by atoms with Crippen LogP contribution in [0, 0.1) is 5.92 Å². The van der Waals surface area contributed by atoms with Crippen molar-refractivity contribution in [2.75, 3.05) is 0 Å². The van der Waals surface area contributed by atoms with E-state index in [9.17, 15) is 5.11 Å². The summed E-state index contributed by atoms with van der Waals surface area (Å²) in [4.78, 5) is 0. The van der Waals surface area contributed by atoms with Crippen molar-refractivity contribution in [3.05, 3.63) is 12.2 Å². The molecular weight excluding hydrogens is 152 g/mol. The van der Waals surface area contributed by atoms with Gasteiger partial charge in [-0.25, -0.2) is 0 Å². The number of hydrogen-bond acceptors (Lipinski definition) is 2. The van der Waals surface area contributed by atoms with E-state index in [1.165, 1.54) is 0 Å². The van der Waals surface area contributed by atoms with E-state index in [-0.39, 0.29) is 0 Å². The molecule has 70 valence electrons. The quantitative estimate of drug-likeness (QED) is 0.630. The molecule has 2 N–H and O–H groups in total. The van der Waals surface area contributed by atoms with Crippen molar-refractivity contribution in [2.24, 2.45) is 5.92 Å². The second-order valence-electron chi connectivity index (χ2n) is 3.69. The van der Waals surface area contributed by atoms with Gasteiger partial charge in [-0.15, -0.1) is 0 Å². The number of allylic oxidation sites excluding steroid dienone is 2. The molecule has 12 heavy (non-hydrogen) atoms. The third-order valence-corrected chi connectivity index (χ3v) is 2.51. The maximum atomic E-state index is 9.40. The van der Waals surface area contributed by atoms with Crippen LogP contribution in [0.25, 0.3) is 0 Å². The van der Waals surface area contributed by atoms with Crippen LogP contribution in [-0.2, 0) is 0 Å². The molecule has 0 aliphatic heterocycles. The van der Waals surface area contributed by atoms with Crippen LogP contribution in [-0.4, -0.2) is 22.4 Å². The third-order valence-electron chi connectivity index (χ3n) is 2.51. The summed E-state index contributed by atoms with van der Waals surface area (Å²) in [5.41, 5.74) is 0. The van der Waals surface area contributed by atoms with E-state index >= 15 is 0 Å². The predicted octanol–water partition coefficient (Wildman–Crippen LogP) is 1.47. The van der Waals surface area contributed by atoms with Gasteiger partial charge in [-0.05, 0) is 38.5 Å². The van der Waals surface area contributed by atoms with Crippen LogP contribution in [0.2, 0.25) is 0 Å². The Hall–Kier alpha value is -0.340. The highest BCUT2D eigenvalue weighted by atomic mass is 16.3. The Morgan fingerprint density at radius 1 is 1.42 bits per heavy atom. The standard InChI is InChI=1S/C10H18O2/c1-8(11)10(12)7-9-5-3-2-4-6-9/h2-3,8-12H,4-7H2,1H3. The Balaban J connectivity index is 2.25. The maximum Gasteiger partial charge on any atom is 0.0799 e. The van der Waals surface area contributed by atoms with Crippen molar-refractivity contribution < 1.29 is 10.2 Å². The minimum atomic E-state index is -0.587. The smallest absolute Gasteiger partial charge is 0.0799 e. The minimum absolute atomic E-state index is 0.540. The van der Waals surface area contributed by atoms with Crippen LogP contribution >= 0.6 is 0 Å². The molecule has 0 aromatic rings. The van der Waals surface area contributed by atoms with E-state index in [2.05, 4.69) is 12.2 Å². The molecule has 3 unspecified atom stereocenters. The van der Waals surface area contributed by atoms with Crippen LogP contribution < -0.4 is 0 Å². The molecule has 2 nitrogen and oxygen atoms in total. The molecule has 0 spiro atoms. The molecule has 3 atom stereocenters. The first-order chi connectivity index (χ1) is 5.70. The van der Waals surface area contributed by atoms with Gasteiger partial charge in [0.05, 0.1) is 12.2 Å². The summed E-state index contributed by atoms with van der Waals surface area (Å²) in [5.74, 6) is 0.569. The molecule has 0 bridgehead atoms. The van der Waals surface area contributed by atoms with Crippen LogP contribution in [0.3, 0.4) is 0 Å². The molecule has 1 rings (SSSR count). The molecule has 1 aliphatic rings. The zero-order valence-electron chi connectivity index (χ0n) is 7.61. The van der Waals surface area contributed by atoms with Crippen molar-refractivity contribution >= 4 is 0 Å². The summed E-state index contributed by atoms with van der Waals surface area (Å²) in [5, 5.41) is 18.5. The Bertz CT molecular complexity index is 152. The van der Waals surface area contributed by atoms with Crippen molar-refractivity contribution in [2.45, 2.75) is 44.8 Å². The highest BCUT2D eigenvalue weighted by molar-refractivity contribution is 4.90. The van der Waals surface area contributed by atoms with Gasteiger partial charge >= 0.3 is 0 Å². The van der Waals surface area contributed by atoms with Crippen molar-refractivity contribution in [1.29, 1.82) is 0 Å². The highest BCUT2D eigenvalue weighted by Gasteiger charge is 2.18. The molecule has 0 amide bonds. The third kappa shape index (κ3) is 2.95. The van der Waals surface area contributed by atoms with Crippen LogP contribution in [0.4, 0.5) is 0 Å². The number of aliphatic hydroxyl groups is 2. The molecule has 0 saturated heterocycles. The van der Waals surface area contributed by atoms with Crippen molar-refractivity contribution in [3.8, 4) is 0 Å². The molecular formula is C10H18O2. The van der Waals surface area contributed by atoms with Gasteiger partial charge in [-0.3, -0.25) is 0 Å². The Labute approximate surface area is 73.9 Å². The molecule has 1 aliphatic carbocycles. The van der Waals surface area contributed by atoms with Crippen LogP contribution in [0.1, 0.15) is 32.6 Å². The summed E-state index contributed by atoms with van der Waals surface area (Å²) in [7, 11) is 0. The average molecular weight is 170 g/mol. The SMILES string of the molecule is CC(O)C(O)CC1CC=CCC1. The van der Waals surface area contributed by atoms with Crippen molar-refractivity contribution in [3.63, 3.8) is 0 Å². The molecule has 0 aromatic carbocycles. The number of hydrogen-bond donors (Lipinski definition) is 2. The second-order valence-corrected chi connectivity index (χ2v) is 3.69. The normalized spacial score (nSPS) is 28.4. The Morgan fingerprint density at radius 2 is 2.17 bits per heavy atom. The van der Waals surface area contributed by atoms with E-state index in [1.807, 2.05) is 0 Å². The lowest BCUT2D eigenvalue weighted by Gasteiger charge is -2.22. The van der Waals surface area contributed by atoms with Gasteiger partial charge in [0.2, 0.25) is 0 Å². The lowest BCUT2D eigenvalue weighted by atomic mass is 9.88. The van der Waals surface area contributed by atoms with Gasteiger partial charge in [0.15, 0.2) is 0 Å². The van der Waals surface area contributed by atoms with E-state index in [0.29, 0.717) is 5.92 Å². The molecule has 0 fully saturated rings. The van der Waals surface area contributed by atoms with Gasteiger partial charge in [0, 0.05) is 0 Å². The highest BCUT2D eigenvalue weighted by Crippen LogP contribution is 2.23. The fourth-order valence-corrected chi connectivity index (χ4v) is 1.61. The van der Waals surface area contributed by atoms with E-state index in [1.54, 1.807) is 6.92 Å². The lowest BCUT2D eigenvalue weighted by molar-refractivity contribution is 0.0150. The summed E-state index contributed by atoms with van der Waals surface area (Å²) >= 11 is 0. The predicted molar refractivity (Wildman–Crippen MR) is 48.8 cm³/mol. The van der Waals surface area contributed by atoms with Crippen molar-refractivity contribution in [1.82, 2.24) is 0 Å². The summed E-state index contributed by atoms with van der Waals surface area (Å²) in [6.07, 6.45) is 7.30. The van der Waals surface area contributed by atoms with Gasteiger partial charge in [0.1, 0.15) is 0 Å². The molecule has 0 heterocycles. The molecule has 2 heteroatoms. The summed E-state index contributed by atoms with van der Waals surface area (Å²) in [6, 6.07) is 0. The lowest BCUT2D eigenvalue weighted by Crippen LogP contribution is -2.25. The number of aliphatic hydroxyl groups excluding tert-OH is 2. The maximum absolute atomic E-state index is 9.40. The fraction of sp³-hybridized carbons (Fsp3) is 0.800. The van der Waals surface area contributed by atoms with Crippen LogP contribution in [0.15, 0.2) is 12.2 Å².